The summed E-state index contributed by atoms with van der Waals surface area (Å²) in [4.78, 5) is 0. The van der Waals surface area contributed by atoms with E-state index in [-0.39, 0.29) is 0 Å². The van der Waals surface area contributed by atoms with Crippen LogP contribution in [-0.4, -0.2) is 0 Å². The lowest BCUT2D eigenvalue weighted by Crippen LogP contribution is -1.90. The molecular weight excluding hydrogens is 218 g/mol. The second-order valence-corrected chi connectivity index (χ2v) is 4.48. The molecule has 0 amide bonds. The zero-order valence-corrected chi connectivity index (χ0v) is 11.0. The first-order chi connectivity index (χ1) is 8.61. The molecule has 0 aliphatic rings. The molecule has 0 spiro atoms. The molecule has 1 heteroatoms. The lowest BCUT2D eigenvalue weighted by Gasteiger charge is -2.07. The normalized spacial score (nSPS) is 9.72. The van der Waals surface area contributed by atoms with Crippen LogP contribution in [0, 0.1) is 25.7 Å². The van der Waals surface area contributed by atoms with E-state index in [1.165, 1.54) is 16.7 Å². The van der Waals surface area contributed by atoms with E-state index in [9.17, 15) is 0 Å². The van der Waals surface area contributed by atoms with Crippen molar-refractivity contribution in [1.29, 1.82) is 0 Å². The van der Waals surface area contributed by atoms with Crippen LogP contribution in [0.1, 0.15) is 23.6 Å². The number of anilines is 1. The summed E-state index contributed by atoms with van der Waals surface area (Å²) >= 11 is 0. The van der Waals surface area contributed by atoms with Crippen molar-refractivity contribution in [1.82, 2.24) is 0 Å². The van der Waals surface area contributed by atoms with E-state index < -0.39 is 0 Å². The quantitative estimate of drug-likeness (QED) is 0.588. The van der Waals surface area contributed by atoms with Crippen LogP contribution in [0.25, 0.3) is 11.1 Å². The van der Waals surface area contributed by atoms with Gasteiger partial charge in [-0.3, -0.25) is 0 Å². The zero-order chi connectivity index (χ0) is 13.1. The molecule has 90 valence electrons. The third-order valence-corrected chi connectivity index (χ3v) is 3.10. The number of benzene rings is 2. The molecule has 2 aromatic carbocycles. The van der Waals surface area contributed by atoms with Crippen molar-refractivity contribution < 1.29 is 0 Å². The summed E-state index contributed by atoms with van der Waals surface area (Å²) in [6.45, 7) is 5.97. The molecule has 0 fully saturated rings. The van der Waals surface area contributed by atoms with Gasteiger partial charge < -0.3 is 5.73 Å². The van der Waals surface area contributed by atoms with Gasteiger partial charge in [0.05, 0.1) is 0 Å². The van der Waals surface area contributed by atoms with Gasteiger partial charge in [0, 0.05) is 11.3 Å². The fourth-order valence-electron chi connectivity index (χ4n) is 1.93. The fraction of sp³-hybridized carbons (Fsp3) is 0.176. The van der Waals surface area contributed by atoms with E-state index >= 15 is 0 Å². The molecule has 2 rings (SSSR count). The predicted octanol–water partition coefficient (Wildman–Crippen LogP) is 3.92. The van der Waals surface area contributed by atoms with Crippen LogP contribution in [0.5, 0.6) is 0 Å². The third-order valence-electron chi connectivity index (χ3n) is 3.10. The Hall–Kier alpha value is -2.20. The van der Waals surface area contributed by atoms with E-state index in [2.05, 4.69) is 49.1 Å². The van der Waals surface area contributed by atoms with Gasteiger partial charge in [-0.05, 0) is 61.2 Å². The molecule has 0 aromatic heterocycles. The first kappa shape index (κ1) is 12.3. The molecule has 0 bridgehead atoms. The highest BCUT2D eigenvalue weighted by atomic mass is 14.5. The van der Waals surface area contributed by atoms with Crippen molar-refractivity contribution in [2.45, 2.75) is 20.8 Å². The van der Waals surface area contributed by atoms with E-state index in [1.807, 2.05) is 19.9 Å². The number of hydrogen-bond donors (Lipinski definition) is 1. The van der Waals surface area contributed by atoms with Gasteiger partial charge >= 0.3 is 0 Å². The topological polar surface area (TPSA) is 26.0 Å². The molecule has 18 heavy (non-hydrogen) atoms. The van der Waals surface area contributed by atoms with Gasteiger partial charge in [0.2, 0.25) is 0 Å². The summed E-state index contributed by atoms with van der Waals surface area (Å²) in [6.07, 6.45) is 0. The summed E-state index contributed by atoms with van der Waals surface area (Å²) in [5, 5.41) is 0. The van der Waals surface area contributed by atoms with Crippen molar-refractivity contribution in [3.63, 3.8) is 0 Å². The zero-order valence-electron chi connectivity index (χ0n) is 11.0. The third kappa shape index (κ3) is 2.38. The molecule has 0 saturated carbocycles. The molecule has 0 heterocycles. The second kappa shape index (κ2) is 4.98. The molecule has 0 aliphatic heterocycles. The fourth-order valence-corrected chi connectivity index (χ4v) is 1.93. The number of nitrogens with two attached hydrogens (primary N) is 1. The lowest BCUT2D eigenvalue weighted by molar-refractivity contribution is 1.42. The summed E-state index contributed by atoms with van der Waals surface area (Å²) in [5.74, 6) is 6.09. The highest BCUT2D eigenvalue weighted by Gasteiger charge is 2.02. The Balaban J connectivity index is 2.52. The van der Waals surface area contributed by atoms with Gasteiger partial charge in [0.15, 0.2) is 0 Å². The molecule has 1 nitrogen and oxygen atoms in total. The summed E-state index contributed by atoms with van der Waals surface area (Å²) in [5.41, 5.74) is 12.4. The monoisotopic (exact) mass is 235 g/mol. The van der Waals surface area contributed by atoms with Crippen LogP contribution in [0.4, 0.5) is 5.69 Å². The van der Waals surface area contributed by atoms with Crippen molar-refractivity contribution >= 4 is 5.69 Å². The summed E-state index contributed by atoms with van der Waals surface area (Å²) in [6, 6.07) is 12.5. The molecule has 0 radical (unpaired) electrons. The minimum Gasteiger partial charge on any atom is -0.399 e. The Bertz CT molecular complexity index is 642. The minimum atomic E-state index is 0.833. The number of rotatable bonds is 1. The van der Waals surface area contributed by atoms with E-state index in [4.69, 9.17) is 5.73 Å². The highest BCUT2D eigenvalue weighted by Crippen LogP contribution is 2.25. The lowest BCUT2D eigenvalue weighted by atomic mass is 9.98. The molecular formula is C17H17N. The highest BCUT2D eigenvalue weighted by molar-refractivity contribution is 5.69. The van der Waals surface area contributed by atoms with Crippen molar-refractivity contribution in [2.75, 3.05) is 5.73 Å². The average molecular weight is 235 g/mol. The molecule has 2 N–H and O–H groups in total. The average Bonchev–Trinajstić information content (AvgIpc) is 2.36. The van der Waals surface area contributed by atoms with Crippen LogP contribution in [0.15, 0.2) is 36.4 Å². The predicted molar refractivity (Wildman–Crippen MR) is 78.3 cm³/mol. The first-order valence-electron chi connectivity index (χ1n) is 6.01. The summed E-state index contributed by atoms with van der Waals surface area (Å²) < 4.78 is 0. The number of aryl methyl sites for hydroxylation is 2. The van der Waals surface area contributed by atoms with Crippen LogP contribution >= 0.6 is 0 Å². The van der Waals surface area contributed by atoms with E-state index in [1.54, 1.807) is 0 Å². The standard InChI is InChI=1S/C17H17N/c1-4-5-14-11-16(7-6-12(14)2)15-8-9-17(18)13(3)10-15/h6-11H,18H2,1-3H3. The van der Waals surface area contributed by atoms with Gasteiger partial charge in [0.25, 0.3) is 0 Å². The SMILES string of the molecule is CC#Cc1cc(-c2ccc(N)c(C)c2)ccc1C. The van der Waals surface area contributed by atoms with Gasteiger partial charge in [0.1, 0.15) is 0 Å². The molecule has 0 saturated heterocycles. The molecule has 0 aliphatic carbocycles. The van der Waals surface area contributed by atoms with Gasteiger partial charge in [-0.15, -0.1) is 5.92 Å². The largest absolute Gasteiger partial charge is 0.399 e. The maximum Gasteiger partial charge on any atom is 0.0344 e. The van der Waals surface area contributed by atoms with Crippen molar-refractivity contribution in [3.8, 4) is 23.0 Å². The van der Waals surface area contributed by atoms with Gasteiger partial charge in [-0.2, -0.15) is 0 Å². The first-order valence-corrected chi connectivity index (χ1v) is 6.01. The van der Waals surface area contributed by atoms with Crippen LogP contribution in [0.2, 0.25) is 0 Å². The maximum atomic E-state index is 5.85. The Morgan fingerprint density at radius 1 is 0.889 bits per heavy atom. The van der Waals surface area contributed by atoms with Gasteiger partial charge in [-0.25, -0.2) is 0 Å². The minimum absolute atomic E-state index is 0.833. The Morgan fingerprint density at radius 3 is 2.22 bits per heavy atom. The second-order valence-electron chi connectivity index (χ2n) is 4.48. The number of nitrogen functional groups attached to an aromatic ring is 1. The molecule has 0 unspecified atom stereocenters. The molecule has 2 aromatic rings. The van der Waals surface area contributed by atoms with Crippen molar-refractivity contribution in [2.24, 2.45) is 0 Å². The van der Waals surface area contributed by atoms with Crippen LogP contribution in [-0.2, 0) is 0 Å². The summed E-state index contributed by atoms with van der Waals surface area (Å²) in [7, 11) is 0. The van der Waals surface area contributed by atoms with Crippen LogP contribution in [0.3, 0.4) is 0 Å². The maximum absolute atomic E-state index is 5.85. The Morgan fingerprint density at radius 2 is 1.56 bits per heavy atom. The molecule has 0 atom stereocenters. The smallest absolute Gasteiger partial charge is 0.0344 e. The Labute approximate surface area is 109 Å². The Kier molecular flexibility index (Phi) is 3.39. The van der Waals surface area contributed by atoms with E-state index in [0.29, 0.717) is 0 Å². The number of hydrogen-bond acceptors (Lipinski definition) is 1. The van der Waals surface area contributed by atoms with Crippen molar-refractivity contribution in [3.05, 3.63) is 53.1 Å². The van der Waals surface area contributed by atoms with E-state index in [0.717, 1.165) is 16.8 Å². The van der Waals surface area contributed by atoms with Gasteiger partial charge in [-0.1, -0.05) is 24.1 Å². The van der Waals surface area contributed by atoms with Crippen LogP contribution < -0.4 is 5.73 Å².